The van der Waals surface area contributed by atoms with Crippen LogP contribution in [0, 0.1) is 0 Å². The van der Waals surface area contributed by atoms with E-state index in [1.165, 1.54) is 6.42 Å². The van der Waals surface area contributed by atoms with Crippen LogP contribution in [0.1, 0.15) is 31.1 Å². The van der Waals surface area contributed by atoms with Crippen LogP contribution in [0.25, 0.3) is 0 Å². The van der Waals surface area contributed by atoms with Crippen molar-refractivity contribution in [2.75, 3.05) is 6.54 Å². The van der Waals surface area contributed by atoms with Gasteiger partial charge >= 0.3 is 0 Å². The second-order valence-electron chi connectivity index (χ2n) is 4.59. The molecule has 1 atom stereocenters. The molecule has 17 heavy (non-hydrogen) atoms. The lowest BCUT2D eigenvalue weighted by Crippen LogP contribution is -2.56. The first-order chi connectivity index (χ1) is 8.12. The molecule has 5 heteroatoms. The topological polar surface area (TPSA) is 41.1 Å². The molecule has 1 aliphatic rings. The van der Waals surface area contributed by atoms with Crippen LogP contribution in [-0.2, 0) is 11.3 Å². The van der Waals surface area contributed by atoms with Gasteiger partial charge in [-0.15, -0.1) is 11.3 Å². The smallest absolute Gasteiger partial charge is 0.240 e. The van der Waals surface area contributed by atoms with Gasteiger partial charge in [0.15, 0.2) is 0 Å². The lowest BCUT2D eigenvalue weighted by atomic mass is 9.90. The number of hydrogen-bond donors (Lipinski definition) is 2. The summed E-state index contributed by atoms with van der Waals surface area (Å²) in [7, 11) is 0. The van der Waals surface area contributed by atoms with Gasteiger partial charge in [0.05, 0.1) is 12.1 Å². The van der Waals surface area contributed by atoms with Crippen LogP contribution in [0.15, 0.2) is 15.9 Å². The van der Waals surface area contributed by atoms with E-state index in [1.807, 2.05) is 18.4 Å². The van der Waals surface area contributed by atoms with Crippen LogP contribution >= 0.6 is 27.3 Å². The fourth-order valence-electron chi connectivity index (χ4n) is 2.06. The van der Waals surface area contributed by atoms with Gasteiger partial charge in [-0.05, 0) is 60.1 Å². The highest BCUT2D eigenvalue weighted by molar-refractivity contribution is 9.10. The summed E-state index contributed by atoms with van der Waals surface area (Å²) < 4.78 is 1.07. The molecule has 0 spiro atoms. The standard InChI is InChI=1S/C12H17BrN2OS/c1-12(5-2-3-6-15-12)11(16)14-8-10-9(13)4-7-17-10/h4,7,15H,2-3,5-6,8H2,1H3,(H,14,16). The van der Waals surface area contributed by atoms with Crippen molar-refractivity contribution in [3.63, 3.8) is 0 Å². The monoisotopic (exact) mass is 316 g/mol. The summed E-state index contributed by atoms with van der Waals surface area (Å²) in [5.41, 5.74) is -0.387. The predicted molar refractivity (Wildman–Crippen MR) is 74.1 cm³/mol. The molecule has 1 amide bonds. The molecule has 1 unspecified atom stereocenters. The average Bonchev–Trinajstić information content (AvgIpc) is 2.73. The summed E-state index contributed by atoms with van der Waals surface area (Å²) in [6.45, 7) is 3.53. The number of nitrogens with one attached hydrogen (secondary N) is 2. The zero-order valence-electron chi connectivity index (χ0n) is 9.88. The molecule has 1 saturated heterocycles. The third-order valence-electron chi connectivity index (χ3n) is 3.22. The molecule has 0 bridgehead atoms. The van der Waals surface area contributed by atoms with Gasteiger partial charge in [-0.25, -0.2) is 0 Å². The van der Waals surface area contributed by atoms with Gasteiger partial charge in [-0.3, -0.25) is 4.79 Å². The first-order valence-corrected chi connectivity index (χ1v) is 7.54. The molecule has 1 aromatic rings. The maximum atomic E-state index is 12.1. The van der Waals surface area contributed by atoms with E-state index < -0.39 is 0 Å². The summed E-state index contributed by atoms with van der Waals surface area (Å²) in [6.07, 6.45) is 3.21. The number of carbonyl (C=O) groups excluding carboxylic acids is 1. The largest absolute Gasteiger partial charge is 0.350 e. The summed E-state index contributed by atoms with van der Waals surface area (Å²) in [6, 6.07) is 2.01. The highest BCUT2D eigenvalue weighted by atomic mass is 79.9. The molecule has 0 aliphatic carbocycles. The van der Waals surface area contributed by atoms with E-state index in [4.69, 9.17) is 0 Å². The second kappa shape index (κ2) is 5.50. The Labute approximate surface area is 114 Å². The van der Waals surface area contributed by atoms with Gasteiger partial charge in [-0.2, -0.15) is 0 Å². The minimum Gasteiger partial charge on any atom is -0.350 e. The lowest BCUT2D eigenvalue weighted by Gasteiger charge is -2.33. The Bertz CT molecular complexity index is 399. The minimum atomic E-state index is -0.387. The Morgan fingerprint density at radius 3 is 3.06 bits per heavy atom. The third-order valence-corrected chi connectivity index (χ3v) is 5.15. The van der Waals surface area contributed by atoms with Crippen LogP contribution in [-0.4, -0.2) is 18.0 Å². The molecular formula is C12H17BrN2OS. The zero-order chi connectivity index (χ0) is 12.3. The van der Waals surface area contributed by atoms with Crippen molar-refractivity contribution in [3.8, 4) is 0 Å². The zero-order valence-corrected chi connectivity index (χ0v) is 12.3. The van der Waals surface area contributed by atoms with E-state index in [0.29, 0.717) is 6.54 Å². The highest BCUT2D eigenvalue weighted by Crippen LogP contribution is 2.23. The average molecular weight is 317 g/mol. The van der Waals surface area contributed by atoms with Crippen LogP contribution in [0.2, 0.25) is 0 Å². The van der Waals surface area contributed by atoms with Crippen molar-refractivity contribution in [1.29, 1.82) is 0 Å². The number of carbonyl (C=O) groups is 1. The summed E-state index contributed by atoms with van der Waals surface area (Å²) in [5, 5.41) is 8.35. The van der Waals surface area contributed by atoms with Gasteiger partial charge < -0.3 is 10.6 Å². The van der Waals surface area contributed by atoms with Gasteiger partial charge in [0.1, 0.15) is 0 Å². The Morgan fingerprint density at radius 1 is 1.65 bits per heavy atom. The van der Waals surface area contributed by atoms with Crippen LogP contribution in [0.5, 0.6) is 0 Å². The fourth-order valence-corrected chi connectivity index (χ4v) is 3.49. The Morgan fingerprint density at radius 2 is 2.47 bits per heavy atom. The SMILES string of the molecule is CC1(C(=O)NCc2sccc2Br)CCCCN1. The van der Waals surface area contributed by atoms with Gasteiger partial charge in [0.25, 0.3) is 0 Å². The molecule has 2 heterocycles. The Balaban J connectivity index is 1.91. The first-order valence-electron chi connectivity index (χ1n) is 5.87. The number of rotatable bonds is 3. The molecule has 0 aromatic carbocycles. The van der Waals surface area contributed by atoms with Gasteiger partial charge in [0, 0.05) is 9.35 Å². The highest BCUT2D eigenvalue weighted by Gasteiger charge is 2.33. The van der Waals surface area contributed by atoms with E-state index in [2.05, 4.69) is 26.6 Å². The predicted octanol–water partition coefficient (Wildman–Crippen LogP) is 2.66. The molecule has 0 saturated carbocycles. The van der Waals surface area contributed by atoms with Crippen molar-refractivity contribution < 1.29 is 4.79 Å². The third kappa shape index (κ3) is 3.09. The molecule has 3 nitrogen and oxygen atoms in total. The maximum absolute atomic E-state index is 12.1. The molecule has 94 valence electrons. The second-order valence-corrected chi connectivity index (χ2v) is 6.45. The van der Waals surface area contributed by atoms with Crippen molar-refractivity contribution in [3.05, 3.63) is 20.8 Å². The van der Waals surface area contributed by atoms with E-state index in [0.717, 1.165) is 28.7 Å². The van der Waals surface area contributed by atoms with E-state index in [9.17, 15) is 4.79 Å². The Hall–Kier alpha value is -0.390. The van der Waals surface area contributed by atoms with Gasteiger partial charge in [-0.1, -0.05) is 0 Å². The molecule has 2 N–H and O–H groups in total. The fraction of sp³-hybridized carbons (Fsp3) is 0.583. The van der Waals surface area contributed by atoms with Crippen molar-refractivity contribution >= 4 is 33.2 Å². The van der Waals surface area contributed by atoms with E-state index >= 15 is 0 Å². The lowest BCUT2D eigenvalue weighted by molar-refractivity contribution is -0.128. The normalized spacial score (nSPS) is 24.6. The van der Waals surface area contributed by atoms with Crippen molar-refractivity contribution in [2.24, 2.45) is 0 Å². The van der Waals surface area contributed by atoms with Crippen molar-refractivity contribution in [2.45, 2.75) is 38.3 Å². The molecule has 1 aliphatic heterocycles. The van der Waals surface area contributed by atoms with Crippen LogP contribution < -0.4 is 10.6 Å². The first kappa shape index (κ1) is 13.1. The van der Waals surface area contributed by atoms with E-state index in [1.54, 1.807) is 11.3 Å². The summed E-state index contributed by atoms with van der Waals surface area (Å²) >= 11 is 5.12. The Kier molecular flexibility index (Phi) is 4.22. The van der Waals surface area contributed by atoms with Crippen LogP contribution in [0.3, 0.4) is 0 Å². The summed E-state index contributed by atoms with van der Waals surface area (Å²) in [5.74, 6) is 0.109. The van der Waals surface area contributed by atoms with Crippen molar-refractivity contribution in [1.82, 2.24) is 10.6 Å². The van der Waals surface area contributed by atoms with Gasteiger partial charge in [0.2, 0.25) is 5.91 Å². The number of piperidine rings is 1. The number of hydrogen-bond acceptors (Lipinski definition) is 3. The molecule has 1 fully saturated rings. The number of halogens is 1. The quantitative estimate of drug-likeness (QED) is 0.900. The number of amides is 1. The number of thiophene rings is 1. The summed E-state index contributed by atoms with van der Waals surface area (Å²) in [4.78, 5) is 13.3. The molecule has 2 rings (SSSR count). The van der Waals surface area contributed by atoms with Crippen LogP contribution in [0.4, 0.5) is 0 Å². The molecular weight excluding hydrogens is 300 g/mol. The van der Waals surface area contributed by atoms with E-state index in [-0.39, 0.29) is 11.4 Å². The molecule has 0 radical (unpaired) electrons. The molecule has 1 aromatic heterocycles. The maximum Gasteiger partial charge on any atom is 0.240 e. The minimum absolute atomic E-state index is 0.109.